The maximum Gasteiger partial charge on any atom is 0.251 e. The van der Waals surface area contributed by atoms with Crippen LogP contribution in [0, 0.1) is 5.82 Å². The van der Waals surface area contributed by atoms with Crippen LogP contribution in [0.5, 0.6) is 0 Å². The second-order valence-corrected chi connectivity index (χ2v) is 7.96. The van der Waals surface area contributed by atoms with Gasteiger partial charge in [-0.2, -0.15) is 0 Å². The molecule has 3 rings (SSSR count). The number of nitrogens with one attached hydrogen (secondary N) is 1. The maximum absolute atomic E-state index is 13.8. The molecule has 2 aromatic rings. The number of thiophene rings is 1. The van der Waals surface area contributed by atoms with Crippen molar-refractivity contribution in [2.75, 3.05) is 5.32 Å². The van der Waals surface area contributed by atoms with Gasteiger partial charge in [0, 0.05) is 16.5 Å². The summed E-state index contributed by atoms with van der Waals surface area (Å²) in [6.07, 6.45) is 8.55. The van der Waals surface area contributed by atoms with E-state index in [-0.39, 0.29) is 10.6 Å². The zero-order valence-electron chi connectivity index (χ0n) is 14.7. The number of carbonyl (C=O) groups excluding carboxylic acids is 2. The lowest BCUT2D eigenvalue weighted by Gasteiger charge is -2.10. The van der Waals surface area contributed by atoms with Gasteiger partial charge >= 0.3 is 0 Å². The van der Waals surface area contributed by atoms with E-state index >= 15 is 0 Å². The zero-order chi connectivity index (χ0) is 19.4. The fraction of sp³-hybridized carbons (Fsp3) is 0.300. The summed E-state index contributed by atoms with van der Waals surface area (Å²) in [7, 11) is 0. The van der Waals surface area contributed by atoms with E-state index in [0.717, 1.165) is 49.0 Å². The fourth-order valence-electron chi connectivity index (χ4n) is 3.25. The van der Waals surface area contributed by atoms with E-state index in [0.29, 0.717) is 10.6 Å². The van der Waals surface area contributed by atoms with Crippen LogP contribution in [-0.2, 0) is 17.6 Å². The number of hydrogen-bond acceptors (Lipinski definition) is 3. The summed E-state index contributed by atoms with van der Waals surface area (Å²) >= 11 is 7.36. The van der Waals surface area contributed by atoms with E-state index in [1.165, 1.54) is 35.6 Å². The van der Waals surface area contributed by atoms with Gasteiger partial charge < -0.3 is 11.1 Å². The van der Waals surface area contributed by atoms with Crippen molar-refractivity contribution in [1.82, 2.24) is 0 Å². The molecule has 0 atom stereocenters. The molecule has 1 aliphatic rings. The molecule has 1 aliphatic carbocycles. The summed E-state index contributed by atoms with van der Waals surface area (Å²) in [5.41, 5.74) is 7.09. The topological polar surface area (TPSA) is 72.2 Å². The van der Waals surface area contributed by atoms with Gasteiger partial charge in [0.2, 0.25) is 5.91 Å². The third-order valence-electron chi connectivity index (χ3n) is 4.56. The minimum absolute atomic E-state index is 0.142. The molecule has 27 heavy (non-hydrogen) atoms. The summed E-state index contributed by atoms with van der Waals surface area (Å²) in [5.74, 6) is -1.51. The van der Waals surface area contributed by atoms with Crippen molar-refractivity contribution in [2.24, 2.45) is 5.73 Å². The Morgan fingerprint density at radius 3 is 2.63 bits per heavy atom. The van der Waals surface area contributed by atoms with Crippen LogP contribution in [0.3, 0.4) is 0 Å². The number of carbonyl (C=O) groups is 2. The average molecular weight is 407 g/mol. The first-order valence-corrected chi connectivity index (χ1v) is 10.0. The van der Waals surface area contributed by atoms with Gasteiger partial charge in [-0.05, 0) is 49.5 Å². The van der Waals surface area contributed by atoms with Crippen LogP contribution >= 0.6 is 22.9 Å². The largest absolute Gasteiger partial charge is 0.365 e. The molecular weight excluding hydrogens is 387 g/mol. The molecule has 3 N–H and O–H groups in total. The lowest BCUT2D eigenvalue weighted by Crippen LogP contribution is -2.17. The van der Waals surface area contributed by atoms with Crippen molar-refractivity contribution >= 4 is 45.8 Å². The van der Waals surface area contributed by atoms with E-state index in [9.17, 15) is 14.0 Å². The Balaban J connectivity index is 1.84. The summed E-state index contributed by atoms with van der Waals surface area (Å²) in [6.45, 7) is 0. The molecule has 1 aromatic carbocycles. The van der Waals surface area contributed by atoms with E-state index in [1.54, 1.807) is 6.07 Å². The first-order valence-electron chi connectivity index (χ1n) is 8.84. The summed E-state index contributed by atoms with van der Waals surface area (Å²) in [6, 6.07) is 4.32. The number of hydrogen-bond donors (Lipinski definition) is 2. The third-order valence-corrected chi connectivity index (χ3v) is 6.09. The van der Waals surface area contributed by atoms with Gasteiger partial charge in [-0.3, -0.25) is 9.59 Å². The Labute approximate surface area is 166 Å². The number of fused-ring (bicyclic) bond motifs is 1. The number of rotatable bonds is 4. The Morgan fingerprint density at radius 2 is 1.93 bits per heavy atom. The molecule has 0 aliphatic heterocycles. The SMILES string of the molecule is NC(=O)c1c(NC(=O)/C=C/c2c(F)cccc2Cl)sc2c1CCCCCC2. The van der Waals surface area contributed by atoms with E-state index in [2.05, 4.69) is 5.32 Å². The van der Waals surface area contributed by atoms with Gasteiger partial charge in [0.25, 0.3) is 5.91 Å². The van der Waals surface area contributed by atoms with Crippen LogP contribution in [0.4, 0.5) is 9.39 Å². The number of halogens is 2. The summed E-state index contributed by atoms with van der Waals surface area (Å²) in [5, 5.41) is 3.41. The van der Waals surface area contributed by atoms with Crippen molar-refractivity contribution in [1.29, 1.82) is 0 Å². The van der Waals surface area contributed by atoms with Gasteiger partial charge in [0.05, 0.1) is 10.6 Å². The molecule has 0 saturated heterocycles. The predicted octanol–water partition coefficient (Wildman–Crippen LogP) is 4.95. The third kappa shape index (κ3) is 4.57. The van der Waals surface area contributed by atoms with Gasteiger partial charge in [-0.1, -0.05) is 30.5 Å². The highest BCUT2D eigenvalue weighted by molar-refractivity contribution is 7.17. The van der Waals surface area contributed by atoms with Crippen LogP contribution in [0.2, 0.25) is 5.02 Å². The van der Waals surface area contributed by atoms with Crippen molar-refractivity contribution in [3.63, 3.8) is 0 Å². The molecule has 7 heteroatoms. The number of benzene rings is 1. The molecule has 0 bridgehead atoms. The molecule has 1 heterocycles. The number of nitrogens with two attached hydrogens (primary N) is 1. The second kappa shape index (κ2) is 8.67. The molecule has 0 radical (unpaired) electrons. The van der Waals surface area contributed by atoms with Gasteiger partial charge in [0.1, 0.15) is 10.8 Å². The standard InChI is InChI=1S/C20H20ClFN2O2S/c21-14-7-5-8-15(22)12(14)10-11-17(25)24-20-18(19(23)26)13-6-3-1-2-4-9-16(13)27-20/h5,7-8,10-11H,1-4,6,9H2,(H2,23,26)(H,24,25)/b11-10+. The molecular formula is C20H20ClFN2O2S. The molecule has 142 valence electrons. The molecule has 2 amide bonds. The highest BCUT2D eigenvalue weighted by atomic mass is 35.5. The summed E-state index contributed by atoms with van der Waals surface area (Å²) in [4.78, 5) is 25.4. The van der Waals surface area contributed by atoms with Crippen LogP contribution in [0.15, 0.2) is 24.3 Å². The molecule has 1 aromatic heterocycles. The Morgan fingerprint density at radius 1 is 1.19 bits per heavy atom. The fourth-order valence-corrected chi connectivity index (χ4v) is 4.77. The minimum atomic E-state index is -0.537. The number of amides is 2. The summed E-state index contributed by atoms with van der Waals surface area (Å²) < 4.78 is 13.8. The Bertz CT molecular complexity index is 887. The van der Waals surface area contributed by atoms with Gasteiger partial charge in [0.15, 0.2) is 0 Å². The first-order chi connectivity index (χ1) is 13.0. The lowest BCUT2D eigenvalue weighted by atomic mass is 9.96. The second-order valence-electron chi connectivity index (χ2n) is 6.44. The van der Waals surface area contributed by atoms with Gasteiger partial charge in [-0.15, -0.1) is 11.3 Å². The van der Waals surface area contributed by atoms with Crippen molar-refractivity contribution in [3.8, 4) is 0 Å². The van der Waals surface area contributed by atoms with Crippen LogP contribution in [0.1, 0.15) is 52.0 Å². The highest BCUT2D eigenvalue weighted by Gasteiger charge is 2.23. The van der Waals surface area contributed by atoms with Crippen LogP contribution in [-0.4, -0.2) is 11.8 Å². The molecule has 0 fully saturated rings. The minimum Gasteiger partial charge on any atom is -0.365 e. The van der Waals surface area contributed by atoms with Crippen molar-refractivity contribution in [3.05, 3.63) is 56.7 Å². The predicted molar refractivity (Wildman–Crippen MR) is 108 cm³/mol. The monoisotopic (exact) mass is 406 g/mol. The molecule has 0 saturated carbocycles. The molecule has 0 unspecified atom stereocenters. The Hall–Kier alpha value is -2.18. The van der Waals surface area contributed by atoms with Crippen LogP contribution in [0.25, 0.3) is 6.08 Å². The maximum atomic E-state index is 13.8. The smallest absolute Gasteiger partial charge is 0.251 e. The average Bonchev–Trinajstić information content (AvgIpc) is 2.91. The molecule has 0 spiro atoms. The first kappa shape index (κ1) is 19.6. The van der Waals surface area contributed by atoms with Crippen LogP contribution < -0.4 is 11.1 Å². The quantitative estimate of drug-likeness (QED) is 0.705. The van der Waals surface area contributed by atoms with E-state index in [1.807, 2.05) is 0 Å². The number of primary amides is 1. The zero-order valence-corrected chi connectivity index (χ0v) is 16.3. The number of anilines is 1. The lowest BCUT2D eigenvalue weighted by molar-refractivity contribution is -0.111. The highest BCUT2D eigenvalue weighted by Crippen LogP contribution is 2.36. The molecule has 4 nitrogen and oxygen atoms in total. The van der Waals surface area contributed by atoms with Gasteiger partial charge in [-0.25, -0.2) is 4.39 Å². The Kier molecular flexibility index (Phi) is 6.29. The van der Waals surface area contributed by atoms with Crippen molar-refractivity contribution in [2.45, 2.75) is 38.5 Å². The van der Waals surface area contributed by atoms with Crippen molar-refractivity contribution < 1.29 is 14.0 Å². The van der Waals surface area contributed by atoms with E-state index in [4.69, 9.17) is 17.3 Å². The van der Waals surface area contributed by atoms with E-state index < -0.39 is 17.6 Å². The number of aryl methyl sites for hydroxylation is 1. The normalized spacial score (nSPS) is 14.4.